The number of aliphatic hydroxyl groups excluding tert-OH is 1. The molecule has 108 valence electrons. The maximum absolute atomic E-state index is 13.6. The van der Waals surface area contributed by atoms with Crippen molar-refractivity contribution in [2.24, 2.45) is 7.05 Å². The average molecular weight is 284 g/mol. The van der Waals surface area contributed by atoms with Crippen LogP contribution in [0.5, 0.6) is 0 Å². The summed E-state index contributed by atoms with van der Waals surface area (Å²) in [5, 5.41) is 14.2. The molecule has 0 aliphatic heterocycles. The number of nitrogens with zero attached hydrogens (tertiary/aromatic N) is 2. The molecule has 0 fully saturated rings. The van der Waals surface area contributed by atoms with E-state index in [1.165, 1.54) is 0 Å². The number of benzene rings is 1. The number of aromatic nitrogens is 2. The molecule has 3 nitrogen and oxygen atoms in total. The summed E-state index contributed by atoms with van der Waals surface area (Å²) in [5.41, 5.74) is 1.28. The lowest BCUT2D eigenvalue weighted by atomic mass is 10.0. The van der Waals surface area contributed by atoms with Crippen molar-refractivity contribution in [2.75, 3.05) is 0 Å². The highest BCUT2D eigenvalue weighted by Crippen LogP contribution is 2.24. The normalized spacial score (nSPS) is 12.7. The van der Waals surface area contributed by atoms with E-state index in [0.717, 1.165) is 24.2 Å². The predicted molar refractivity (Wildman–Crippen MR) is 67.6 cm³/mol. The van der Waals surface area contributed by atoms with E-state index in [0.29, 0.717) is 5.69 Å². The Labute approximate surface area is 114 Å². The quantitative estimate of drug-likeness (QED) is 0.877. The van der Waals surface area contributed by atoms with Gasteiger partial charge in [0, 0.05) is 24.7 Å². The van der Waals surface area contributed by atoms with E-state index in [2.05, 4.69) is 5.10 Å². The van der Waals surface area contributed by atoms with Gasteiger partial charge in [-0.1, -0.05) is 13.0 Å². The van der Waals surface area contributed by atoms with Gasteiger partial charge in [-0.05, 0) is 18.6 Å². The Morgan fingerprint density at radius 1 is 1.25 bits per heavy atom. The molecule has 0 bridgehead atoms. The zero-order chi connectivity index (χ0) is 14.9. The van der Waals surface area contributed by atoms with Gasteiger partial charge in [-0.25, -0.2) is 13.2 Å². The van der Waals surface area contributed by atoms with Crippen LogP contribution in [-0.4, -0.2) is 14.9 Å². The largest absolute Gasteiger partial charge is 0.388 e. The second-order valence-electron chi connectivity index (χ2n) is 4.59. The summed E-state index contributed by atoms with van der Waals surface area (Å²) in [6, 6.07) is 3.65. The van der Waals surface area contributed by atoms with Crippen LogP contribution in [0.1, 0.15) is 30.0 Å². The molecular formula is C14H15F3N2O. The predicted octanol–water partition coefficient (Wildman–Crippen LogP) is 2.68. The first-order chi connectivity index (χ1) is 9.43. The van der Waals surface area contributed by atoms with Gasteiger partial charge in [0.25, 0.3) is 0 Å². The molecule has 0 radical (unpaired) electrons. The minimum Gasteiger partial charge on any atom is -0.388 e. The summed E-state index contributed by atoms with van der Waals surface area (Å²) in [5.74, 6) is -4.19. The summed E-state index contributed by atoms with van der Waals surface area (Å²) in [7, 11) is 1.71. The maximum Gasteiger partial charge on any atom is 0.194 e. The lowest BCUT2D eigenvalue weighted by Gasteiger charge is -2.12. The molecule has 1 unspecified atom stereocenters. The SMILES string of the molecule is CCc1cc(CC(O)c2ccc(F)c(F)c2F)n(C)n1. The second kappa shape index (κ2) is 5.66. The number of rotatable bonds is 4. The number of aliphatic hydroxyl groups is 1. The highest BCUT2D eigenvalue weighted by atomic mass is 19.2. The molecule has 0 spiro atoms. The Hall–Kier alpha value is -1.82. The van der Waals surface area contributed by atoms with Crippen LogP contribution in [0.25, 0.3) is 0 Å². The summed E-state index contributed by atoms with van der Waals surface area (Å²) >= 11 is 0. The molecule has 1 aromatic heterocycles. The van der Waals surface area contributed by atoms with E-state index in [9.17, 15) is 18.3 Å². The Morgan fingerprint density at radius 2 is 1.95 bits per heavy atom. The molecular weight excluding hydrogens is 269 g/mol. The Balaban J connectivity index is 2.26. The summed E-state index contributed by atoms with van der Waals surface area (Å²) in [6.45, 7) is 1.94. The minimum absolute atomic E-state index is 0.0749. The zero-order valence-corrected chi connectivity index (χ0v) is 11.2. The Kier molecular flexibility index (Phi) is 4.13. The lowest BCUT2D eigenvalue weighted by molar-refractivity contribution is 0.169. The van der Waals surface area contributed by atoms with Crippen LogP contribution in [0.3, 0.4) is 0 Å². The van der Waals surface area contributed by atoms with Gasteiger partial charge in [0.05, 0.1) is 11.8 Å². The molecule has 0 saturated heterocycles. The maximum atomic E-state index is 13.6. The highest BCUT2D eigenvalue weighted by Gasteiger charge is 2.20. The molecule has 6 heteroatoms. The van der Waals surface area contributed by atoms with Crippen LogP contribution in [0.4, 0.5) is 13.2 Å². The van der Waals surface area contributed by atoms with Gasteiger partial charge in [-0.15, -0.1) is 0 Å². The standard InChI is InChI=1S/C14H15F3N2O/c1-3-8-6-9(19(2)18-8)7-12(20)10-4-5-11(15)14(17)13(10)16/h4-6,12,20H,3,7H2,1-2H3. The van der Waals surface area contributed by atoms with Crippen molar-refractivity contribution in [3.8, 4) is 0 Å². The molecule has 1 N–H and O–H groups in total. The number of hydrogen-bond donors (Lipinski definition) is 1. The van der Waals surface area contributed by atoms with Crippen LogP contribution < -0.4 is 0 Å². The molecule has 0 amide bonds. The summed E-state index contributed by atoms with van der Waals surface area (Å²) < 4.78 is 41.2. The van der Waals surface area contributed by atoms with E-state index in [1.54, 1.807) is 17.8 Å². The van der Waals surface area contributed by atoms with E-state index in [-0.39, 0.29) is 12.0 Å². The first-order valence-corrected chi connectivity index (χ1v) is 6.27. The van der Waals surface area contributed by atoms with Crippen molar-refractivity contribution < 1.29 is 18.3 Å². The van der Waals surface area contributed by atoms with E-state index in [4.69, 9.17) is 0 Å². The fourth-order valence-electron chi connectivity index (χ4n) is 2.04. The summed E-state index contributed by atoms with van der Waals surface area (Å²) in [4.78, 5) is 0. The van der Waals surface area contributed by atoms with Crippen molar-refractivity contribution >= 4 is 0 Å². The first kappa shape index (κ1) is 14.6. The third kappa shape index (κ3) is 2.70. The monoisotopic (exact) mass is 284 g/mol. The van der Waals surface area contributed by atoms with Crippen LogP contribution in [-0.2, 0) is 19.9 Å². The van der Waals surface area contributed by atoms with Crippen molar-refractivity contribution in [3.05, 3.63) is 52.6 Å². The molecule has 2 aromatic rings. The highest BCUT2D eigenvalue weighted by molar-refractivity contribution is 5.24. The van der Waals surface area contributed by atoms with Crippen molar-refractivity contribution in [2.45, 2.75) is 25.9 Å². The molecule has 20 heavy (non-hydrogen) atoms. The van der Waals surface area contributed by atoms with E-state index < -0.39 is 23.6 Å². The minimum atomic E-state index is -1.57. The van der Waals surface area contributed by atoms with Crippen molar-refractivity contribution in [1.29, 1.82) is 0 Å². The number of aryl methyl sites for hydroxylation is 2. The Morgan fingerprint density at radius 3 is 2.55 bits per heavy atom. The fraction of sp³-hybridized carbons (Fsp3) is 0.357. The first-order valence-electron chi connectivity index (χ1n) is 6.27. The van der Waals surface area contributed by atoms with Crippen LogP contribution in [0.2, 0.25) is 0 Å². The van der Waals surface area contributed by atoms with Gasteiger partial charge in [0.2, 0.25) is 0 Å². The van der Waals surface area contributed by atoms with Gasteiger partial charge in [-0.2, -0.15) is 5.10 Å². The topological polar surface area (TPSA) is 38.0 Å². The van der Waals surface area contributed by atoms with Gasteiger partial charge in [0.1, 0.15) is 0 Å². The summed E-state index contributed by atoms with van der Waals surface area (Å²) in [6.07, 6.45) is -0.445. The average Bonchev–Trinajstić information content (AvgIpc) is 2.76. The van der Waals surface area contributed by atoms with Crippen LogP contribution >= 0.6 is 0 Å². The Bertz CT molecular complexity index is 625. The number of halogens is 3. The third-order valence-electron chi connectivity index (χ3n) is 3.22. The molecule has 0 aliphatic carbocycles. The van der Waals surface area contributed by atoms with Crippen LogP contribution in [0.15, 0.2) is 18.2 Å². The van der Waals surface area contributed by atoms with Crippen molar-refractivity contribution in [1.82, 2.24) is 9.78 Å². The lowest BCUT2D eigenvalue weighted by Crippen LogP contribution is -2.09. The molecule has 1 atom stereocenters. The molecule has 0 aliphatic rings. The fourth-order valence-corrected chi connectivity index (χ4v) is 2.04. The zero-order valence-electron chi connectivity index (χ0n) is 11.2. The molecule has 1 aromatic carbocycles. The van der Waals surface area contributed by atoms with Gasteiger partial charge in [0.15, 0.2) is 17.5 Å². The third-order valence-corrected chi connectivity index (χ3v) is 3.22. The van der Waals surface area contributed by atoms with Crippen LogP contribution in [0, 0.1) is 17.5 Å². The molecule has 2 rings (SSSR count). The molecule has 0 saturated carbocycles. The smallest absolute Gasteiger partial charge is 0.194 e. The second-order valence-corrected chi connectivity index (χ2v) is 4.59. The molecule has 1 heterocycles. The number of hydrogen-bond acceptors (Lipinski definition) is 2. The van der Waals surface area contributed by atoms with E-state index >= 15 is 0 Å². The van der Waals surface area contributed by atoms with Gasteiger partial charge in [-0.3, -0.25) is 4.68 Å². The van der Waals surface area contributed by atoms with Gasteiger partial charge >= 0.3 is 0 Å². The van der Waals surface area contributed by atoms with E-state index in [1.807, 2.05) is 6.92 Å². The van der Waals surface area contributed by atoms with Crippen molar-refractivity contribution in [3.63, 3.8) is 0 Å². The van der Waals surface area contributed by atoms with Gasteiger partial charge < -0.3 is 5.11 Å².